The van der Waals surface area contributed by atoms with Crippen LogP contribution in [0.2, 0.25) is 10.0 Å². The fraction of sp³-hybridized carbons (Fsp3) is 0.150. The Morgan fingerprint density at radius 3 is 2.62 bits per heavy atom. The molecule has 150 valence electrons. The van der Waals surface area contributed by atoms with Crippen LogP contribution in [0.15, 0.2) is 47.8 Å². The van der Waals surface area contributed by atoms with Crippen molar-refractivity contribution < 1.29 is 14.3 Å². The number of aryl methyl sites for hydroxylation is 1. The third-order valence-electron chi connectivity index (χ3n) is 3.80. The van der Waals surface area contributed by atoms with Crippen molar-refractivity contribution in [1.29, 1.82) is 0 Å². The number of amides is 1. The zero-order valence-corrected chi connectivity index (χ0v) is 17.7. The van der Waals surface area contributed by atoms with Gasteiger partial charge in [0.25, 0.3) is 5.91 Å². The molecule has 0 fully saturated rings. The topological polar surface area (TPSA) is 80.3 Å². The van der Waals surface area contributed by atoms with Crippen LogP contribution in [0.3, 0.4) is 0 Å². The number of aromatic nitrogens is 1. The number of thiazole rings is 1. The number of benzene rings is 2. The number of carbonyl (C=O) groups excluding carboxylic acids is 2. The number of anilines is 2. The van der Waals surface area contributed by atoms with Crippen LogP contribution in [0, 0.1) is 6.92 Å². The second-order valence-corrected chi connectivity index (χ2v) is 7.80. The van der Waals surface area contributed by atoms with Gasteiger partial charge in [0.2, 0.25) is 0 Å². The molecule has 2 N–H and O–H groups in total. The zero-order valence-electron chi connectivity index (χ0n) is 15.4. The van der Waals surface area contributed by atoms with Crippen LogP contribution in [0.5, 0.6) is 0 Å². The van der Waals surface area contributed by atoms with Gasteiger partial charge in [0.05, 0.1) is 16.3 Å². The Kier molecular flexibility index (Phi) is 7.09. The average Bonchev–Trinajstić information content (AvgIpc) is 3.13. The molecule has 3 aromatic rings. The molecular weight excluding hydrogens is 433 g/mol. The lowest BCUT2D eigenvalue weighted by Crippen LogP contribution is -2.30. The average molecular weight is 450 g/mol. The molecule has 0 spiro atoms. The highest BCUT2D eigenvalue weighted by atomic mass is 35.5. The van der Waals surface area contributed by atoms with Gasteiger partial charge in [0, 0.05) is 16.1 Å². The van der Waals surface area contributed by atoms with E-state index in [1.54, 1.807) is 11.4 Å². The van der Waals surface area contributed by atoms with Gasteiger partial charge in [-0.25, -0.2) is 4.98 Å². The molecule has 0 saturated heterocycles. The Morgan fingerprint density at radius 2 is 1.90 bits per heavy atom. The number of esters is 1. The molecule has 1 amide bonds. The van der Waals surface area contributed by atoms with Crippen LogP contribution < -0.4 is 10.6 Å². The maximum absolute atomic E-state index is 12.1. The Bertz CT molecular complexity index is 1020. The monoisotopic (exact) mass is 449 g/mol. The van der Waals surface area contributed by atoms with Gasteiger partial charge in [-0.15, -0.1) is 11.3 Å². The summed E-state index contributed by atoms with van der Waals surface area (Å²) in [5.41, 5.74) is 2.95. The smallest absolute Gasteiger partial charge is 0.325 e. The SMILES string of the molecule is Cc1ccc(Nc2nc(COC(=O)CNC(=O)c3ccc(Cl)cc3Cl)cs2)cc1. The summed E-state index contributed by atoms with van der Waals surface area (Å²) in [4.78, 5) is 28.4. The molecule has 0 bridgehead atoms. The summed E-state index contributed by atoms with van der Waals surface area (Å²) in [6.07, 6.45) is 0. The lowest BCUT2D eigenvalue weighted by Gasteiger charge is -2.07. The highest BCUT2D eigenvalue weighted by molar-refractivity contribution is 7.13. The van der Waals surface area contributed by atoms with E-state index in [9.17, 15) is 9.59 Å². The van der Waals surface area contributed by atoms with E-state index in [4.69, 9.17) is 27.9 Å². The van der Waals surface area contributed by atoms with Crippen molar-refractivity contribution in [2.45, 2.75) is 13.5 Å². The molecule has 0 aliphatic heterocycles. The van der Waals surface area contributed by atoms with Crippen molar-refractivity contribution in [1.82, 2.24) is 10.3 Å². The minimum absolute atomic E-state index is 0.0164. The number of hydrogen-bond acceptors (Lipinski definition) is 6. The zero-order chi connectivity index (χ0) is 20.8. The molecular formula is C20H17Cl2N3O3S. The Labute approximate surface area is 181 Å². The van der Waals surface area contributed by atoms with Gasteiger partial charge in [0.15, 0.2) is 5.13 Å². The van der Waals surface area contributed by atoms with Crippen LogP contribution in [0.25, 0.3) is 0 Å². The maximum Gasteiger partial charge on any atom is 0.325 e. The van der Waals surface area contributed by atoms with Crippen molar-refractivity contribution in [2.75, 3.05) is 11.9 Å². The first-order valence-corrected chi connectivity index (χ1v) is 10.2. The highest BCUT2D eigenvalue weighted by Gasteiger charge is 2.13. The number of hydrogen-bond donors (Lipinski definition) is 2. The maximum atomic E-state index is 12.1. The predicted octanol–water partition coefficient (Wildman–Crippen LogP) is 4.98. The quantitative estimate of drug-likeness (QED) is 0.497. The summed E-state index contributed by atoms with van der Waals surface area (Å²) in [6, 6.07) is 12.4. The predicted molar refractivity (Wildman–Crippen MR) is 115 cm³/mol. The van der Waals surface area contributed by atoms with Crippen LogP contribution >= 0.6 is 34.5 Å². The van der Waals surface area contributed by atoms with Crippen molar-refractivity contribution in [2.24, 2.45) is 0 Å². The molecule has 3 rings (SSSR count). The molecule has 9 heteroatoms. The molecule has 1 aromatic heterocycles. The molecule has 6 nitrogen and oxygen atoms in total. The van der Waals surface area contributed by atoms with Gasteiger partial charge >= 0.3 is 5.97 Å². The van der Waals surface area contributed by atoms with Gasteiger partial charge in [-0.05, 0) is 37.3 Å². The second kappa shape index (κ2) is 9.73. The molecule has 0 aliphatic carbocycles. The third-order valence-corrected chi connectivity index (χ3v) is 5.16. The van der Waals surface area contributed by atoms with Gasteiger partial charge in [-0.1, -0.05) is 40.9 Å². The molecule has 0 radical (unpaired) electrons. The molecule has 29 heavy (non-hydrogen) atoms. The first kappa shape index (κ1) is 21.1. The lowest BCUT2D eigenvalue weighted by atomic mass is 10.2. The molecule has 0 aliphatic rings. The van der Waals surface area contributed by atoms with Crippen molar-refractivity contribution in [3.05, 3.63) is 74.7 Å². The molecule has 0 unspecified atom stereocenters. The fourth-order valence-electron chi connectivity index (χ4n) is 2.32. The van der Waals surface area contributed by atoms with Gasteiger partial charge in [0.1, 0.15) is 13.2 Å². The summed E-state index contributed by atoms with van der Waals surface area (Å²) < 4.78 is 5.15. The van der Waals surface area contributed by atoms with Gasteiger partial charge in [-0.3, -0.25) is 9.59 Å². The Morgan fingerprint density at radius 1 is 1.14 bits per heavy atom. The molecule has 0 atom stereocenters. The third kappa shape index (κ3) is 6.19. The van der Waals surface area contributed by atoms with Crippen LogP contribution in [0.4, 0.5) is 10.8 Å². The molecule has 1 heterocycles. The summed E-state index contributed by atoms with van der Waals surface area (Å²) >= 11 is 13.2. The van der Waals surface area contributed by atoms with Crippen molar-refractivity contribution in [3.63, 3.8) is 0 Å². The van der Waals surface area contributed by atoms with E-state index in [-0.39, 0.29) is 23.7 Å². The highest BCUT2D eigenvalue weighted by Crippen LogP contribution is 2.22. The summed E-state index contributed by atoms with van der Waals surface area (Å²) in [6.45, 7) is 1.75. The Hall–Kier alpha value is -2.61. The number of nitrogens with one attached hydrogen (secondary N) is 2. The normalized spacial score (nSPS) is 10.4. The minimum atomic E-state index is -0.579. The minimum Gasteiger partial charge on any atom is -0.458 e. The molecule has 0 saturated carbocycles. The lowest BCUT2D eigenvalue weighted by molar-refractivity contribution is -0.143. The number of nitrogens with zero attached hydrogens (tertiary/aromatic N) is 1. The van der Waals surface area contributed by atoms with E-state index < -0.39 is 11.9 Å². The van der Waals surface area contributed by atoms with E-state index in [0.29, 0.717) is 15.8 Å². The number of carbonyl (C=O) groups is 2. The van der Waals surface area contributed by atoms with E-state index in [2.05, 4.69) is 15.6 Å². The first-order valence-electron chi connectivity index (χ1n) is 8.57. The van der Waals surface area contributed by atoms with Crippen LogP contribution in [-0.2, 0) is 16.1 Å². The van der Waals surface area contributed by atoms with Crippen molar-refractivity contribution >= 4 is 57.2 Å². The number of ether oxygens (including phenoxy) is 1. The summed E-state index contributed by atoms with van der Waals surface area (Å²) in [5.74, 6) is -1.06. The van der Waals surface area contributed by atoms with E-state index in [0.717, 1.165) is 5.69 Å². The van der Waals surface area contributed by atoms with Crippen LogP contribution in [0.1, 0.15) is 21.6 Å². The van der Waals surface area contributed by atoms with Crippen molar-refractivity contribution in [3.8, 4) is 0 Å². The number of halogens is 2. The fourth-order valence-corrected chi connectivity index (χ4v) is 3.53. The second-order valence-electron chi connectivity index (χ2n) is 6.10. The van der Waals surface area contributed by atoms with Gasteiger partial charge < -0.3 is 15.4 Å². The standard InChI is InChI=1S/C20H17Cl2N3O3S/c1-12-2-5-14(6-3-12)24-20-25-15(11-29-20)10-28-18(26)9-23-19(27)16-7-4-13(21)8-17(16)22/h2-8,11H,9-10H2,1H3,(H,23,27)(H,24,25). The van der Waals surface area contributed by atoms with E-state index >= 15 is 0 Å². The van der Waals surface area contributed by atoms with E-state index in [1.165, 1.54) is 29.0 Å². The largest absolute Gasteiger partial charge is 0.458 e. The molecule has 2 aromatic carbocycles. The summed E-state index contributed by atoms with van der Waals surface area (Å²) in [5, 5.41) is 8.79. The first-order chi connectivity index (χ1) is 13.9. The van der Waals surface area contributed by atoms with Gasteiger partial charge in [-0.2, -0.15) is 0 Å². The Balaban J connectivity index is 1.45. The van der Waals surface area contributed by atoms with E-state index in [1.807, 2.05) is 31.2 Å². The van der Waals surface area contributed by atoms with Crippen LogP contribution in [-0.4, -0.2) is 23.4 Å². The summed E-state index contributed by atoms with van der Waals surface area (Å²) in [7, 11) is 0. The number of rotatable bonds is 7.